The molecule has 0 bridgehead atoms. The van der Waals surface area contributed by atoms with Crippen LogP contribution in [-0.2, 0) is 0 Å². The molecule has 0 unspecified atom stereocenters. The summed E-state index contributed by atoms with van der Waals surface area (Å²) < 4.78 is 5.27. The van der Waals surface area contributed by atoms with E-state index < -0.39 is 4.92 Å². The number of benzene rings is 1. The van der Waals surface area contributed by atoms with Crippen LogP contribution in [0.2, 0.25) is 0 Å². The van der Waals surface area contributed by atoms with Gasteiger partial charge in [-0.1, -0.05) is 11.2 Å². The third-order valence-electron chi connectivity index (χ3n) is 2.83. The van der Waals surface area contributed by atoms with Gasteiger partial charge in [0.25, 0.3) is 5.69 Å². The molecule has 7 heteroatoms. The molecule has 0 radical (unpaired) electrons. The van der Waals surface area contributed by atoms with Crippen LogP contribution >= 0.6 is 11.3 Å². The molecule has 0 spiro atoms. The van der Waals surface area contributed by atoms with E-state index in [-0.39, 0.29) is 5.69 Å². The second-order valence-electron chi connectivity index (χ2n) is 4.05. The number of anilines is 1. The van der Waals surface area contributed by atoms with Crippen molar-refractivity contribution in [3.63, 3.8) is 0 Å². The normalized spacial score (nSPS) is 10.6. The minimum Gasteiger partial charge on any atom is -0.380 e. The van der Waals surface area contributed by atoms with Crippen LogP contribution < -0.4 is 5.73 Å². The SMILES string of the molecule is Nc1noc(-c2ccc([N+](=O)[O-])cc2)c1-c1cccs1. The Hall–Kier alpha value is -2.67. The van der Waals surface area contributed by atoms with Crippen molar-refractivity contribution in [1.29, 1.82) is 0 Å². The smallest absolute Gasteiger partial charge is 0.269 e. The highest BCUT2D eigenvalue weighted by atomic mass is 32.1. The standard InChI is InChI=1S/C13H9N3O3S/c14-13-11(10-2-1-7-20-10)12(19-15-13)8-3-5-9(6-4-8)16(17)18/h1-7H,(H2,14,15). The Morgan fingerprint density at radius 3 is 2.60 bits per heavy atom. The summed E-state index contributed by atoms with van der Waals surface area (Å²) in [5, 5.41) is 16.4. The van der Waals surface area contributed by atoms with Crippen molar-refractivity contribution >= 4 is 22.8 Å². The maximum Gasteiger partial charge on any atom is 0.269 e. The Bertz CT molecular complexity index is 748. The lowest BCUT2D eigenvalue weighted by Crippen LogP contribution is -1.88. The zero-order valence-corrected chi connectivity index (χ0v) is 11.0. The van der Waals surface area contributed by atoms with Gasteiger partial charge >= 0.3 is 0 Å². The highest BCUT2D eigenvalue weighted by Crippen LogP contribution is 2.39. The molecule has 2 N–H and O–H groups in total. The Morgan fingerprint density at radius 2 is 2.00 bits per heavy atom. The number of hydrogen-bond donors (Lipinski definition) is 1. The quantitative estimate of drug-likeness (QED) is 0.587. The summed E-state index contributed by atoms with van der Waals surface area (Å²) in [7, 11) is 0. The fraction of sp³-hybridized carbons (Fsp3) is 0. The predicted octanol–water partition coefficient (Wildman–Crippen LogP) is 3.56. The first-order valence-corrected chi connectivity index (χ1v) is 6.58. The van der Waals surface area contributed by atoms with Gasteiger partial charge < -0.3 is 10.3 Å². The number of nitrogens with two attached hydrogens (primary N) is 1. The van der Waals surface area contributed by atoms with Crippen LogP contribution in [0.4, 0.5) is 11.5 Å². The van der Waals surface area contributed by atoms with Gasteiger partial charge in [0.2, 0.25) is 0 Å². The van der Waals surface area contributed by atoms with Gasteiger partial charge in [-0.2, -0.15) is 0 Å². The largest absolute Gasteiger partial charge is 0.380 e. The zero-order valence-electron chi connectivity index (χ0n) is 10.1. The molecule has 2 heterocycles. The van der Waals surface area contributed by atoms with E-state index in [0.29, 0.717) is 22.7 Å². The van der Waals surface area contributed by atoms with Crippen molar-refractivity contribution in [2.45, 2.75) is 0 Å². The second kappa shape index (κ2) is 4.78. The van der Waals surface area contributed by atoms with E-state index >= 15 is 0 Å². The summed E-state index contributed by atoms with van der Waals surface area (Å²) in [5.41, 5.74) is 7.28. The van der Waals surface area contributed by atoms with Crippen LogP contribution in [0.25, 0.3) is 21.8 Å². The van der Waals surface area contributed by atoms with Crippen LogP contribution in [0.1, 0.15) is 0 Å². The highest BCUT2D eigenvalue weighted by molar-refractivity contribution is 7.13. The van der Waals surface area contributed by atoms with Crippen LogP contribution in [0, 0.1) is 10.1 Å². The zero-order chi connectivity index (χ0) is 14.1. The number of hydrogen-bond acceptors (Lipinski definition) is 6. The van der Waals surface area contributed by atoms with Crippen LogP contribution in [-0.4, -0.2) is 10.1 Å². The van der Waals surface area contributed by atoms with Crippen molar-refractivity contribution in [3.05, 3.63) is 51.9 Å². The topological polar surface area (TPSA) is 95.2 Å². The number of nitrogens with zero attached hydrogens (tertiary/aromatic N) is 2. The molecule has 0 atom stereocenters. The van der Waals surface area contributed by atoms with Crippen molar-refractivity contribution < 1.29 is 9.45 Å². The van der Waals surface area contributed by atoms with Gasteiger partial charge in [0, 0.05) is 22.6 Å². The first-order chi connectivity index (χ1) is 9.66. The molecule has 0 aliphatic heterocycles. The first kappa shape index (κ1) is 12.4. The third kappa shape index (κ3) is 2.04. The molecule has 2 aromatic heterocycles. The molecule has 3 rings (SSSR count). The third-order valence-corrected chi connectivity index (χ3v) is 3.71. The van der Waals surface area contributed by atoms with Crippen LogP contribution in [0.5, 0.6) is 0 Å². The lowest BCUT2D eigenvalue weighted by molar-refractivity contribution is -0.384. The van der Waals surface area contributed by atoms with Gasteiger partial charge in [-0.3, -0.25) is 10.1 Å². The molecular formula is C13H9N3O3S. The molecule has 0 saturated carbocycles. The molecule has 100 valence electrons. The monoisotopic (exact) mass is 287 g/mol. The van der Waals surface area contributed by atoms with Crippen molar-refractivity contribution in [1.82, 2.24) is 5.16 Å². The molecule has 0 amide bonds. The van der Waals surface area contributed by atoms with E-state index in [0.717, 1.165) is 4.88 Å². The maximum absolute atomic E-state index is 10.7. The summed E-state index contributed by atoms with van der Waals surface area (Å²) in [4.78, 5) is 11.2. The Kier molecular flexibility index (Phi) is 2.96. The van der Waals surface area contributed by atoms with Crippen molar-refractivity contribution in [2.75, 3.05) is 5.73 Å². The molecular weight excluding hydrogens is 278 g/mol. The van der Waals surface area contributed by atoms with Crippen LogP contribution in [0.15, 0.2) is 46.3 Å². The number of thiophene rings is 1. The van der Waals surface area contributed by atoms with Crippen molar-refractivity contribution in [3.8, 4) is 21.8 Å². The molecule has 0 aliphatic rings. The molecule has 0 fully saturated rings. The van der Waals surface area contributed by atoms with Gasteiger partial charge in [0.1, 0.15) is 0 Å². The fourth-order valence-electron chi connectivity index (χ4n) is 1.89. The predicted molar refractivity (Wildman–Crippen MR) is 76.3 cm³/mol. The average molecular weight is 287 g/mol. The molecule has 0 aliphatic carbocycles. The summed E-state index contributed by atoms with van der Waals surface area (Å²) in [6.07, 6.45) is 0. The lowest BCUT2D eigenvalue weighted by atomic mass is 10.1. The molecule has 3 aromatic rings. The van der Waals surface area contributed by atoms with Gasteiger partial charge in [-0.15, -0.1) is 11.3 Å². The van der Waals surface area contributed by atoms with Crippen molar-refractivity contribution in [2.24, 2.45) is 0 Å². The molecule has 0 saturated heterocycles. The molecule has 20 heavy (non-hydrogen) atoms. The highest BCUT2D eigenvalue weighted by Gasteiger charge is 2.19. The van der Waals surface area contributed by atoms with Gasteiger partial charge in [-0.05, 0) is 23.6 Å². The van der Waals surface area contributed by atoms with Gasteiger partial charge in [0.05, 0.1) is 10.5 Å². The summed E-state index contributed by atoms with van der Waals surface area (Å²) >= 11 is 1.52. The lowest BCUT2D eigenvalue weighted by Gasteiger charge is -2.00. The molecule has 6 nitrogen and oxygen atoms in total. The number of rotatable bonds is 3. The fourth-order valence-corrected chi connectivity index (χ4v) is 2.67. The van der Waals surface area contributed by atoms with E-state index in [1.165, 1.54) is 23.5 Å². The summed E-state index contributed by atoms with van der Waals surface area (Å²) in [6, 6.07) is 9.91. The summed E-state index contributed by atoms with van der Waals surface area (Å²) in [5.74, 6) is 0.820. The Balaban J connectivity index is 2.09. The minimum atomic E-state index is -0.446. The van der Waals surface area contributed by atoms with Crippen LogP contribution in [0.3, 0.4) is 0 Å². The Labute approximate surface area is 117 Å². The van der Waals surface area contributed by atoms with E-state index in [4.69, 9.17) is 10.3 Å². The van der Waals surface area contributed by atoms with E-state index in [1.54, 1.807) is 12.1 Å². The number of nitrogen functional groups attached to an aromatic ring is 1. The number of aromatic nitrogens is 1. The summed E-state index contributed by atoms with van der Waals surface area (Å²) in [6.45, 7) is 0. The number of nitro groups is 1. The van der Waals surface area contributed by atoms with E-state index in [9.17, 15) is 10.1 Å². The second-order valence-corrected chi connectivity index (χ2v) is 5.00. The number of nitro benzene ring substituents is 1. The number of non-ortho nitro benzene ring substituents is 1. The van der Waals surface area contributed by atoms with E-state index in [2.05, 4.69) is 5.16 Å². The molecule has 1 aromatic carbocycles. The maximum atomic E-state index is 10.7. The minimum absolute atomic E-state index is 0.0268. The average Bonchev–Trinajstić information content (AvgIpc) is 3.07. The Morgan fingerprint density at radius 1 is 1.25 bits per heavy atom. The van der Waals surface area contributed by atoms with Gasteiger partial charge in [0.15, 0.2) is 11.6 Å². The van der Waals surface area contributed by atoms with Gasteiger partial charge in [-0.25, -0.2) is 0 Å². The van der Waals surface area contributed by atoms with E-state index in [1.807, 2.05) is 17.5 Å². The first-order valence-electron chi connectivity index (χ1n) is 5.70.